The lowest BCUT2D eigenvalue weighted by Gasteiger charge is -2.26. The molecule has 9 nitrogen and oxygen atoms in total. The third-order valence-corrected chi connectivity index (χ3v) is 7.93. The zero-order valence-corrected chi connectivity index (χ0v) is 18.1. The number of sulfonamides is 2. The van der Waals surface area contributed by atoms with Crippen LogP contribution in [0.2, 0.25) is 0 Å². The minimum atomic E-state index is -4.00. The number of aryl methyl sites for hydroxylation is 1. The van der Waals surface area contributed by atoms with E-state index in [2.05, 4.69) is 9.46 Å². The van der Waals surface area contributed by atoms with E-state index in [0.717, 1.165) is 0 Å². The van der Waals surface area contributed by atoms with Crippen LogP contribution in [0, 0.1) is 6.92 Å². The Balaban J connectivity index is 1.82. The van der Waals surface area contributed by atoms with Crippen LogP contribution in [-0.2, 0) is 29.5 Å². The molecule has 0 amide bonds. The van der Waals surface area contributed by atoms with Gasteiger partial charge in [-0.2, -0.15) is 4.31 Å². The molecule has 1 aliphatic heterocycles. The molecular weight excluding hydrogens is 432 g/mol. The van der Waals surface area contributed by atoms with Gasteiger partial charge in [-0.05, 0) is 48.9 Å². The van der Waals surface area contributed by atoms with Crippen LogP contribution in [0.25, 0.3) is 0 Å². The van der Waals surface area contributed by atoms with Gasteiger partial charge in [0.2, 0.25) is 10.0 Å². The first-order chi connectivity index (χ1) is 14.1. The molecule has 0 saturated carbocycles. The number of hydrogen-bond acceptors (Lipinski definition) is 7. The number of morpholine rings is 1. The van der Waals surface area contributed by atoms with Crippen molar-refractivity contribution in [2.24, 2.45) is 0 Å². The van der Waals surface area contributed by atoms with Gasteiger partial charge in [0, 0.05) is 18.8 Å². The molecule has 0 bridgehead atoms. The van der Waals surface area contributed by atoms with Crippen LogP contribution in [0.4, 0.5) is 5.69 Å². The molecule has 0 unspecified atom stereocenters. The summed E-state index contributed by atoms with van der Waals surface area (Å²) in [6.45, 7) is 2.88. The van der Waals surface area contributed by atoms with Gasteiger partial charge >= 0.3 is 5.97 Å². The average molecular weight is 455 g/mol. The molecule has 30 heavy (non-hydrogen) atoms. The summed E-state index contributed by atoms with van der Waals surface area (Å²) in [5.74, 6) is -0.637. The van der Waals surface area contributed by atoms with Gasteiger partial charge in [-0.15, -0.1) is 0 Å². The summed E-state index contributed by atoms with van der Waals surface area (Å²) in [4.78, 5) is 11.8. The lowest BCUT2D eigenvalue weighted by molar-refractivity contribution is 0.0599. The first-order valence-corrected chi connectivity index (χ1v) is 12.0. The highest BCUT2D eigenvalue weighted by molar-refractivity contribution is 7.92. The summed E-state index contributed by atoms with van der Waals surface area (Å²) in [5, 5.41) is 0. The second-order valence-corrected chi connectivity index (χ2v) is 10.2. The number of ether oxygens (including phenoxy) is 2. The van der Waals surface area contributed by atoms with E-state index >= 15 is 0 Å². The monoisotopic (exact) mass is 454 g/mol. The van der Waals surface area contributed by atoms with E-state index in [4.69, 9.17) is 4.74 Å². The lowest BCUT2D eigenvalue weighted by Crippen LogP contribution is -2.40. The highest BCUT2D eigenvalue weighted by Gasteiger charge is 2.26. The Morgan fingerprint density at radius 2 is 1.60 bits per heavy atom. The van der Waals surface area contributed by atoms with Gasteiger partial charge in [-0.25, -0.2) is 21.6 Å². The summed E-state index contributed by atoms with van der Waals surface area (Å²) in [7, 11) is -6.45. The summed E-state index contributed by atoms with van der Waals surface area (Å²) in [6, 6.07) is 9.57. The molecule has 0 atom stereocenters. The molecule has 3 rings (SSSR count). The molecule has 0 aliphatic carbocycles. The number of nitrogens with zero attached hydrogens (tertiary/aromatic N) is 1. The van der Waals surface area contributed by atoms with Crippen molar-refractivity contribution >= 4 is 31.7 Å². The van der Waals surface area contributed by atoms with Crippen LogP contribution in [-0.4, -0.2) is 60.5 Å². The molecule has 0 aromatic heterocycles. The van der Waals surface area contributed by atoms with Gasteiger partial charge in [-0.1, -0.05) is 6.07 Å². The van der Waals surface area contributed by atoms with E-state index in [1.165, 1.54) is 53.9 Å². The predicted molar refractivity (Wildman–Crippen MR) is 109 cm³/mol. The van der Waals surface area contributed by atoms with Gasteiger partial charge in [-0.3, -0.25) is 4.72 Å². The van der Waals surface area contributed by atoms with Crippen LogP contribution in [0.1, 0.15) is 15.9 Å². The van der Waals surface area contributed by atoms with Gasteiger partial charge in [0.05, 0.1) is 35.7 Å². The van der Waals surface area contributed by atoms with Crippen molar-refractivity contribution in [3.8, 4) is 0 Å². The van der Waals surface area contributed by atoms with E-state index in [0.29, 0.717) is 18.8 Å². The second-order valence-electron chi connectivity index (χ2n) is 6.61. The number of hydrogen-bond donors (Lipinski definition) is 1. The maximum absolute atomic E-state index is 12.7. The molecule has 1 saturated heterocycles. The van der Waals surface area contributed by atoms with E-state index in [1.807, 2.05) is 0 Å². The molecule has 1 aliphatic rings. The maximum atomic E-state index is 12.7. The standard InChI is InChI=1S/C19H22N2O7S2/c1-14-3-6-17(13-18(14)19(22)27-2)29(23,24)20-15-4-7-16(8-5-15)30(25,26)21-9-11-28-12-10-21/h3-8,13,20H,9-12H2,1-2H3. The number of rotatable bonds is 6. The van der Waals surface area contributed by atoms with Gasteiger partial charge in [0.1, 0.15) is 0 Å². The second kappa shape index (κ2) is 8.72. The fraction of sp³-hybridized carbons (Fsp3) is 0.316. The number of benzene rings is 2. The fourth-order valence-corrected chi connectivity index (χ4v) is 5.44. The van der Waals surface area contributed by atoms with Crippen LogP contribution in [0.5, 0.6) is 0 Å². The molecule has 1 fully saturated rings. The zero-order valence-electron chi connectivity index (χ0n) is 16.5. The SMILES string of the molecule is COC(=O)c1cc(S(=O)(=O)Nc2ccc(S(=O)(=O)N3CCOCC3)cc2)ccc1C. The van der Waals surface area contributed by atoms with Crippen molar-refractivity contribution in [3.05, 3.63) is 53.6 Å². The molecule has 2 aromatic rings. The van der Waals surface area contributed by atoms with Crippen molar-refractivity contribution in [2.45, 2.75) is 16.7 Å². The number of anilines is 1. The average Bonchev–Trinajstić information content (AvgIpc) is 2.74. The molecule has 2 aromatic carbocycles. The molecule has 11 heteroatoms. The Kier molecular flexibility index (Phi) is 6.46. The Hall–Kier alpha value is -2.47. The number of methoxy groups -OCH3 is 1. The minimum absolute atomic E-state index is 0.0654. The van der Waals surface area contributed by atoms with E-state index in [9.17, 15) is 21.6 Å². The van der Waals surface area contributed by atoms with Crippen molar-refractivity contribution in [1.29, 1.82) is 0 Å². The van der Waals surface area contributed by atoms with Gasteiger partial charge in [0.15, 0.2) is 0 Å². The van der Waals surface area contributed by atoms with E-state index in [-0.39, 0.29) is 34.1 Å². The number of esters is 1. The molecule has 162 valence electrons. The highest BCUT2D eigenvalue weighted by Crippen LogP contribution is 2.23. The van der Waals surface area contributed by atoms with E-state index in [1.54, 1.807) is 6.92 Å². The zero-order chi connectivity index (χ0) is 21.9. The maximum Gasteiger partial charge on any atom is 0.338 e. The minimum Gasteiger partial charge on any atom is -0.465 e. The van der Waals surface area contributed by atoms with Gasteiger partial charge < -0.3 is 9.47 Å². The van der Waals surface area contributed by atoms with Crippen molar-refractivity contribution in [1.82, 2.24) is 4.31 Å². The quantitative estimate of drug-likeness (QED) is 0.659. The Morgan fingerprint density at radius 1 is 1.00 bits per heavy atom. The van der Waals surface area contributed by atoms with E-state index < -0.39 is 26.0 Å². The van der Waals surface area contributed by atoms with Crippen LogP contribution in [0.15, 0.2) is 52.3 Å². The van der Waals surface area contributed by atoms with Crippen molar-refractivity contribution in [2.75, 3.05) is 38.1 Å². The Labute approximate surface area is 175 Å². The van der Waals surface area contributed by atoms with Crippen LogP contribution in [0.3, 0.4) is 0 Å². The van der Waals surface area contributed by atoms with Crippen molar-refractivity contribution in [3.63, 3.8) is 0 Å². The fourth-order valence-electron chi connectivity index (χ4n) is 2.94. The summed E-state index contributed by atoms with van der Waals surface area (Å²) in [5.41, 5.74) is 0.918. The molecular formula is C19H22N2O7S2. The van der Waals surface area contributed by atoms with Crippen LogP contribution < -0.4 is 4.72 Å². The lowest BCUT2D eigenvalue weighted by atomic mass is 10.1. The molecule has 1 N–H and O–H groups in total. The topological polar surface area (TPSA) is 119 Å². The largest absolute Gasteiger partial charge is 0.465 e. The summed E-state index contributed by atoms with van der Waals surface area (Å²) in [6.07, 6.45) is 0. The summed E-state index contributed by atoms with van der Waals surface area (Å²) >= 11 is 0. The highest BCUT2D eigenvalue weighted by atomic mass is 32.2. The number of carbonyl (C=O) groups is 1. The summed E-state index contributed by atoms with van der Waals surface area (Å²) < 4.78 is 64.3. The third kappa shape index (κ3) is 4.64. The smallest absolute Gasteiger partial charge is 0.338 e. The molecule has 1 heterocycles. The van der Waals surface area contributed by atoms with Crippen molar-refractivity contribution < 1.29 is 31.1 Å². The third-order valence-electron chi connectivity index (χ3n) is 4.64. The van der Waals surface area contributed by atoms with Crippen LogP contribution >= 0.6 is 0 Å². The first-order valence-electron chi connectivity index (χ1n) is 9.05. The molecule has 0 radical (unpaired) electrons. The predicted octanol–water partition coefficient (Wildman–Crippen LogP) is 1.60. The molecule has 0 spiro atoms. The Bertz CT molecular complexity index is 1140. The van der Waals surface area contributed by atoms with Gasteiger partial charge in [0.25, 0.3) is 10.0 Å². The number of carbonyl (C=O) groups excluding carboxylic acids is 1. The normalized spacial score (nSPS) is 15.5. The first kappa shape index (κ1) is 22.2. The Morgan fingerprint density at radius 3 is 2.20 bits per heavy atom. The number of nitrogens with one attached hydrogen (secondary N) is 1.